The Labute approximate surface area is 199 Å². The molecule has 0 amide bonds. The summed E-state index contributed by atoms with van der Waals surface area (Å²) in [6, 6.07) is 21.5. The number of fused-ring (bicyclic) bond motifs is 1. The summed E-state index contributed by atoms with van der Waals surface area (Å²) in [7, 11) is 0. The minimum absolute atomic E-state index is 0.632. The van der Waals surface area contributed by atoms with E-state index in [1.165, 1.54) is 0 Å². The van der Waals surface area contributed by atoms with Gasteiger partial charge in [0.15, 0.2) is 0 Å². The Hall–Kier alpha value is -3.92. The van der Waals surface area contributed by atoms with Crippen LogP contribution in [0.25, 0.3) is 10.9 Å². The second-order valence-corrected chi connectivity index (χ2v) is 8.51. The molecule has 1 aliphatic heterocycles. The zero-order chi connectivity index (χ0) is 23.4. The van der Waals surface area contributed by atoms with Crippen molar-refractivity contribution >= 4 is 22.4 Å². The number of hydrogen-bond acceptors (Lipinski definition) is 6. The molecule has 1 fully saturated rings. The van der Waals surface area contributed by atoms with Gasteiger partial charge >= 0.3 is 0 Å². The highest BCUT2D eigenvalue weighted by Crippen LogP contribution is 2.30. The molecule has 0 saturated carbocycles. The van der Waals surface area contributed by atoms with Gasteiger partial charge in [0, 0.05) is 16.6 Å². The van der Waals surface area contributed by atoms with Crippen molar-refractivity contribution in [3.63, 3.8) is 0 Å². The summed E-state index contributed by atoms with van der Waals surface area (Å²) < 4.78 is 5.99. The monoisotopic (exact) mass is 450 g/mol. The largest absolute Gasteiger partial charge is 0.457 e. The van der Waals surface area contributed by atoms with Crippen molar-refractivity contribution in [2.75, 3.05) is 18.4 Å². The van der Waals surface area contributed by atoms with E-state index in [0.29, 0.717) is 18.7 Å². The summed E-state index contributed by atoms with van der Waals surface area (Å²) in [4.78, 5) is 8.86. The van der Waals surface area contributed by atoms with Gasteiger partial charge in [-0.25, -0.2) is 9.97 Å². The van der Waals surface area contributed by atoms with Crippen molar-refractivity contribution in [3.8, 4) is 23.3 Å². The van der Waals surface area contributed by atoms with Crippen molar-refractivity contribution in [2.45, 2.75) is 25.4 Å². The summed E-state index contributed by atoms with van der Waals surface area (Å²) in [5.41, 5.74) is 2.62. The van der Waals surface area contributed by atoms with Gasteiger partial charge in [-0.3, -0.25) is 0 Å². The first-order valence-corrected chi connectivity index (χ1v) is 11.4. The minimum Gasteiger partial charge on any atom is -0.457 e. The van der Waals surface area contributed by atoms with Crippen LogP contribution in [0.15, 0.2) is 73.1 Å². The number of aryl methyl sites for hydroxylation is 1. The molecule has 0 radical (unpaired) electrons. The summed E-state index contributed by atoms with van der Waals surface area (Å²) >= 11 is 0. The Kier molecular flexibility index (Phi) is 6.13. The number of anilines is 2. The van der Waals surface area contributed by atoms with Crippen LogP contribution in [0.1, 0.15) is 24.0 Å². The number of piperidine rings is 1. The molecule has 0 aliphatic carbocycles. The summed E-state index contributed by atoms with van der Waals surface area (Å²) in [6.45, 7) is 3.57. The SMILES string of the molecule is Cc1cc(Nc2ncnc3ccc(C#CC4(O)CCNCC4)cc23)ccc1Oc1ccccc1. The van der Waals surface area contributed by atoms with Gasteiger partial charge in [-0.05, 0) is 86.9 Å². The molecule has 1 aromatic heterocycles. The normalized spacial score (nSPS) is 14.8. The predicted molar refractivity (Wildman–Crippen MR) is 134 cm³/mol. The topological polar surface area (TPSA) is 79.3 Å². The first-order chi connectivity index (χ1) is 16.6. The predicted octanol–water partition coefficient (Wildman–Crippen LogP) is 4.94. The molecule has 0 bridgehead atoms. The maximum Gasteiger partial charge on any atom is 0.141 e. The van der Waals surface area contributed by atoms with Gasteiger partial charge in [0.1, 0.15) is 29.2 Å². The van der Waals surface area contributed by atoms with E-state index in [4.69, 9.17) is 4.74 Å². The average Bonchev–Trinajstić information content (AvgIpc) is 2.86. The molecule has 6 nitrogen and oxygen atoms in total. The highest BCUT2D eigenvalue weighted by Gasteiger charge is 2.26. The lowest BCUT2D eigenvalue weighted by molar-refractivity contribution is 0.0679. The number of nitrogens with one attached hydrogen (secondary N) is 2. The number of rotatable bonds is 4. The number of ether oxygens (including phenoxy) is 1. The Morgan fingerprint density at radius 2 is 1.82 bits per heavy atom. The number of nitrogens with zero attached hydrogens (tertiary/aromatic N) is 2. The van der Waals surface area contributed by atoms with E-state index in [0.717, 1.165) is 52.3 Å². The van der Waals surface area contributed by atoms with Crippen molar-refractivity contribution in [1.82, 2.24) is 15.3 Å². The Balaban J connectivity index is 1.39. The van der Waals surface area contributed by atoms with E-state index in [-0.39, 0.29) is 0 Å². The summed E-state index contributed by atoms with van der Waals surface area (Å²) in [5.74, 6) is 8.53. The average molecular weight is 451 g/mol. The van der Waals surface area contributed by atoms with E-state index < -0.39 is 5.60 Å². The van der Waals surface area contributed by atoms with Crippen LogP contribution in [-0.2, 0) is 0 Å². The second kappa shape index (κ2) is 9.52. The highest BCUT2D eigenvalue weighted by atomic mass is 16.5. The number of aliphatic hydroxyl groups is 1. The zero-order valence-electron chi connectivity index (χ0n) is 19.0. The lowest BCUT2D eigenvalue weighted by Crippen LogP contribution is -2.40. The molecule has 34 heavy (non-hydrogen) atoms. The Morgan fingerprint density at radius 3 is 2.62 bits per heavy atom. The van der Waals surface area contributed by atoms with E-state index in [1.54, 1.807) is 6.33 Å². The molecule has 3 N–H and O–H groups in total. The third-order valence-electron chi connectivity index (χ3n) is 5.91. The third-order valence-corrected chi connectivity index (χ3v) is 5.91. The molecule has 3 aromatic carbocycles. The quantitative estimate of drug-likeness (QED) is 0.382. The van der Waals surface area contributed by atoms with Gasteiger partial charge in [-0.15, -0.1) is 0 Å². The van der Waals surface area contributed by atoms with Crippen LogP contribution < -0.4 is 15.4 Å². The van der Waals surface area contributed by atoms with Crippen molar-refractivity contribution in [3.05, 3.63) is 84.2 Å². The first-order valence-electron chi connectivity index (χ1n) is 11.4. The first kappa shape index (κ1) is 21.9. The van der Waals surface area contributed by atoms with Crippen LogP contribution in [0.2, 0.25) is 0 Å². The Bertz CT molecular complexity index is 1370. The van der Waals surface area contributed by atoms with Gasteiger partial charge in [-0.1, -0.05) is 30.0 Å². The zero-order valence-corrected chi connectivity index (χ0v) is 19.0. The smallest absolute Gasteiger partial charge is 0.141 e. The van der Waals surface area contributed by atoms with Crippen LogP contribution in [0.5, 0.6) is 11.5 Å². The Morgan fingerprint density at radius 1 is 1.00 bits per heavy atom. The molecular weight excluding hydrogens is 424 g/mol. The lowest BCUT2D eigenvalue weighted by atomic mass is 9.93. The van der Waals surface area contributed by atoms with Gasteiger partial charge in [-0.2, -0.15) is 0 Å². The molecule has 6 heteroatoms. The fourth-order valence-electron chi connectivity index (χ4n) is 3.98. The number of benzene rings is 3. The van der Waals surface area contributed by atoms with Gasteiger partial charge < -0.3 is 20.5 Å². The van der Waals surface area contributed by atoms with Crippen LogP contribution in [-0.4, -0.2) is 33.8 Å². The highest BCUT2D eigenvalue weighted by molar-refractivity contribution is 5.91. The fourth-order valence-corrected chi connectivity index (χ4v) is 3.98. The molecule has 0 atom stereocenters. The molecule has 1 aliphatic rings. The number of para-hydroxylation sites is 1. The maximum absolute atomic E-state index is 10.7. The summed E-state index contributed by atoms with van der Waals surface area (Å²) in [5, 5.41) is 18.2. The van der Waals surface area contributed by atoms with Crippen LogP contribution in [0.4, 0.5) is 11.5 Å². The molecule has 170 valence electrons. The van der Waals surface area contributed by atoms with Gasteiger partial charge in [0.05, 0.1) is 5.52 Å². The molecular formula is C28H26N4O2. The van der Waals surface area contributed by atoms with E-state index >= 15 is 0 Å². The van der Waals surface area contributed by atoms with E-state index in [2.05, 4.69) is 32.4 Å². The van der Waals surface area contributed by atoms with Crippen molar-refractivity contribution in [1.29, 1.82) is 0 Å². The minimum atomic E-state index is -0.935. The standard InChI is InChI=1S/C28H26N4O2/c1-20-17-22(8-10-26(20)34-23-5-3-2-4-6-23)32-27-24-18-21(7-9-25(24)30-19-31-27)11-12-28(33)13-15-29-16-14-28/h2-10,17-19,29,33H,13-16H2,1H3,(H,30,31,32). The van der Waals surface area contributed by atoms with E-state index in [1.807, 2.05) is 73.7 Å². The number of aromatic nitrogens is 2. The molecule has 2 heterocycles. The molecule has 4 aromatic rings. The fraction of sp³-hybridized carbons (Fsp3) is 0.214. The molecule has 5 rings (SSSR count). The summed E-state index contributed by atoms with van der Waals surface area (Å²) in [6.07, 6.45) is 2.81. The molecule has 0 spiro atoms. The van der Waals surface area contributed by atoms with Crippen molar-refractivity contribution in [2.24, 2.45) is 0 Å². The van der Waals surface area contributed by atoms with Gasteiger partial charge in [0.25, 0.3) is 0 Å². The molecule has 1 saturated heterocycles. The maximum atomic E-state index is 10.7. The van der Waals surface area contributed by atoms with Crippen LogP contribution in [0.3, 0.4) is 0 Å². The van der Waals surface area contributed by atoms with Crippen LogP contribution >= 0.6 is 0 Å². The second-order valence-electron chi connectivity index (χ2n) is 8.51. The lowest BCUT2D eigenvalue weighted by Gasteiger charge is -2.27. The van der Waals surface area contributed by atoms with Crippen molar-refractivity contribution < 1.29 is 9.84 Å². The number of hydrogen-bond donors (Lipinski definition) is 3. The van der Waals surface area contributed by atoms with E-state index in [9.17, 15) is 5.11 Å². The molecule has 0 unspecified atom stereocenters. The van der Waals surface area contributed by atoms with Crippen LogP contribution in [0, 0.1) is 18.8 Å². The van der Waals surface area contributed by atoms with Gasteiger partial charge in [0.2, 0.25) is 0 Å². The third kappa shape index (κ3) is 5.01.